The summed E-state index contributed by atoms with van der Waals surface area (Å²) >= 11 is 1.54. The quantitative estimate of drug-likeness (QED) is 0.788. The fourth-order valence-corrected chi connectivity index (χ4v) is 4.21. The van der Waals surface area contributed by atoms with E-state index < -0.39 is 0 Å². The summed E-state index contributed by atoms with van der Waals surface area (Å²) in [5, 5.41) is 4.10. The molecule has 1 aliphatic rings. The minimum atomic E-state index is -0.0216. The molecule has 2 aromatic rings. The number of rotatable bonds is 5. The van der Waals surface area contributed by atoms with E-state index in [4.69, 9.17) is 4.74 Å². The van der Waals surface area contributed by atoms with Crippen LogP contribution >= 0.6 is 11.3 Å². The van der Waals surface area contributed by atoms with Gasteiger partial charge in [0.05, 0.1) is 23.7 Å². The van der Waals surface area contributed by atoms with E-state index in [1.165, 1.54) is 11.3 Å². The van der Waals surface area contributed by atoms with E-state index in [2.05, 4.69) is 27.0 Å². The van der Waals surface area contributed by atoms with Gasteiger partial charge in [-0.3, -0.25) is 4.79 Å². The average molecular weight is 398 g/mol. The third kappa shape index (κ3) is 5.14. The molecule has 148 valence electrons. The van der Waals surface area contributed by atoms with Crippen LogP contribution in [0.5, 0.6) is 0 Å². The van der Waals surface area contributed by atoms with Crippen molar-refractivity contribution in [2.24, 2.45) is 0 Å². The maximum absolute atomic E-state index is 12.8. The molecule has 3 rings (SSSR count). The van der Waals surface area contributed by atoms with Gasteiger partial charge in [-0.1, -0.05) is 30.0 Å². The van der Waals surface area contributed by atoms with Gasteiger partial charge in [-0.05, 0) is 38.7 Å². The van der Waals surface area contributed by atoms with Crippen LogP contribution in [0.4, 0.5) is 5.00 Å². The van der Waals surface area contributed by atoms with E-state index in [1.807, 2.05) is 51.4 Å². The molecule has 2 heterocycles. The molecule has 1 aliphatic heterocycles. The van der Waals surface area contributed by atoms with E-state index in [0.717, 1.165) is 46.2 Å². The predicted octanol–water partition coefficient (Wildman–Crippen LogP) is 2.58. The minimum Gasteiger partial charge on any atom is -0.378 e. The van der Waals surface area contributed by atoms with Gasteiger partial charge in [-0.15, -0.1) is 11.3 Å². The molecule has 28 heavy (non-hydrogen) atoms. The van der Waals surface area contributed by atoms with Gasteiger partial charge in [0.15, 0.2) is 0 Å². The molecular weight excluding hydrogens is 370 g/mol. The Morgan fingerprint density at radius 3 is 2.61 bits per heavy atom. The molecule has 0 spiro atoms. The van der Waals surface area contributed by atoms with Gasteiger partial charge in [0.2, 0.25) is 0 Å². The summed E-state index contributed by atoms with van der Waals surface area (Å²) in [5.41, 5.74) is 2.88. The summed E-state index contributed by atoms with van der Waals surface area (Å²) < 4.78 is 5.49. The molecule has 1 N–H and O–H groups in total. The van der Waals surface area contributed by atoms with Crippen LogP contribution in [0.1, 0.15) is 26.4 Å². The van der Waals surface area contributed by atoms with Gasteiger partial charge in [-0.2, -0.15) is 0 Å². The van der Waals surface area contributed by atoms with Crippen LogP contribution in [0.3, 0.4) is 0 Å². The van der Waals surface area contributed by atoms with Crippen LogP contribution in [0.25, 0.3) is 0 Å². The van der Waals surface area contributed by atoms with Gasteiger partial charge >= 0.3 is 0 Å². The first-order valence-electron chi connectivity index (χ1n) is 9.52. The van der Waals surface area contributed by atoms with E-state index in [-0.39, 0.29) is 5.91 Å². The Bertz CT molecular complexity index is 859. The molecule has 1 aromatic carbocycles. The zero-order valence-electron chi connectivity index (χ0n) is 16.7. The SMILES string of the molecule is Cc1c(C(=O)NCCN(C)C)sc(N2CCOCC2)c1C#Cc1ccccc1. The number of anilines is 1. The third-order valence-electron chi connectivity index (χ3n) is 4.58. The first kappa shape index (κ1) is 20.4. The summed E-state index contributed by atoms with van der Waals surface area (Å²) in [4.78, 5) is 17.8. The Balaban J connectivity index is 1.90. The second-order valence-electron chi connectivity index (χ2n) is 7.01. The largest absolute Gasteiger partial charge is 0.378 e. The third-order valence-corrected chi connectivity index (χ3v) is 5.93. The summed E-state index contributed by atoms with van der Waals surface area (Å²) in [6, 6.07) is 9.94. The number of morpholine rings is 1. The molecule has 0 saturated carbocycles. The van der Waals surface area contributed by atoms with Gasteiger partial charge in [-0.25, -0.2) is 0 Å². The molecule has 1 amide bonds. The van der Waals surface area contributed by atoms with Crippen LogP contribution < -0.4 is 10.2 Å². The monoisotopic (exact) mass is 397 g/mol. The molecule has 0 bridgehead atoms. The van der Waals surface area contributed by atoms with Crippen molar-refractivity contribution in [1.29, 1.82) is 0 Å². The highest BCUT2D eigenvalue weighted by atomic mass is 32.1. The highest BCUT2D eigenvalue weighted by Gasteiger charge is 2.23. The Hall–Kier alpha value is -2.33. The predicted molar refractivity (Wildman–Crippen MR) is 115 cm³/mol. The second kappa shape index (κ2) is 9.74. The number of hydrogen-bond acceptors (Lipinski definition) is 5. The molecule has 0 radical (unpaired) electrons. The second-order valence-corrected chi connectivity index (χ2v) is 8.01. The van der Waals surface area contributed by atoms with Crippen molar-refractivity contribution >= 4 is 22.2 Å². The summed E-state index contributed by atoms with van der Waals surface area (Å²) in [6.45, 7) is 6.48. The summed E-state index contributed by atoms with van der Waals surface area (Å²) in [7, 11) is 3.99. The molecule has 1 fully saturated rings. The number of carbonyl (C=O) groups is 1. The van der Waals surface area contributed by atoms with E-state index >= 15 is 0 Å². The van der Waals surface area contributed by atoms with Crippen molar-refractivity contribution in [3.05, 3.63) is 51.9 Å². The van der Waals surface area contributed by atoms with E-state index in [9.17, 15) is 4.79 Å². The number of carbonyl (C=O) groups excluding carboxylic acids is 1. The van der Waals surface area contributed by atoms with Crippen molar-refractivity contribution in [3.63, 3.8) is 0 Å². The lowest BCUT2D eigenvalue weighted by Crippen LogP contribution is -2.36. The lowest BCUT2D eigenvalue weighted by Gasteiger charge is -2.27. The topological polar surface area (TPSA) is 44.8 Å². The highest BCUT2D eigenvalue weighted by molar-refractivity contribution is 7.18. The number of amides is 1. The van der Waals surface area contributed by atoms with Crippen LogP contribution in [-0.2, 0) is 4.74 Å². The smallest absolute Gasteiger partial charge is 0.261 e. The lowest BCUT2D eigenvalue weighted by molar-refractivity contribution is 0.0954. The zero-order valence-corrected chi connectivity index (χ0v) is 17.6. The lowest BCUT2D eigenvalue weighted by atomic mass is 10.1. The summed E-state index contributed by atoms with van der Waals surface area (Å²) in [6.07, 6.45) is 0. The fourth-order valence-electron chi connectivity index (χ4n) is 2.98. The maximum Gasteiger partial charge on any atom is 0.261 e. The first-order valence-corrected chi connectivity index (χ1v) is 10.3. The highest BCUT2D eigenvalue weighted by Crippen LogP contribution is 2.36. The molecule has 0 aliphatic carbocycles. The summed E-state index contributed by atoms with van der Waals surface area (Å²) in [5.74, 6) is 6.56. The maximum atomic E-state index is 12.8. The number of benzene rings is 1. The Kier molecular flexibility index (Phi) is 7.10. The van der Waals surface area contributed by atoms with Crippen LogP contribution in [0.15, 0.2) is 30.3 Å². The molecule has 5 nitrogen and oxygen atoms in total. The molecule has 0 unspecified atom stereocenters. The van der Waals surface area contributed by atoms with Crippen molar-refractivity contribution in [3.8, 4) is 11.8 Å². The molecule has 0 atom stereocenters. The van der Waals surface area contributed by atoms with Crippen molar-refractivity contribution in [2.45, 2.75) is 6.92 Å². The number of hydrogen-bond donors (Lipinski definition) is 1. The average Bonchev–Trinajstić information content (AvgIpc) is 3.04. The zero-order chi connectivity index (χ0) is 19.9. The molecule has 1 aromatic heterocycles. The van der Waals surface area contributed by atoms with Gasteiger partial charge in [0.25, 0.3) is 5.91 Å². The van der Waals surface area contributed by atoms with Gasteiger partial charge in [0.1, 0.15) is 5.00 Å². The number of thiophene rings is 1. The Labute approximate surface area is 171 Å². The minimum absolute atomic E-state index is 0.0216. The standard InChI is InChI=1S/C22H27N3O2S/c1-17-19(10-9-18-7-5-4-6-8-18)22(25-13-15-27-16-14-25)28-20(17)21(26)23-11-12-24(2)3/h4-8H,11-16H2,1-3H3,(H,23,26). The Morgan fingerprint density at radius 2 is 1.93 bits per heavy atom. The first-order chi connectivity index (χ1) is 13.6. The molecule has 1 saturated heterocycles. The van der Waals surface area contributed by atoms with Gasteiger partial charge < -0.3 is 19.9 Å². The number of likely N-dealkylation sites (N-methyl/N-ethyl adjacent to an activating group) is 1. The van der Waals surface area contributed by atoms with Crippen LogP contribution in [0.2, 0.25) is 0 Å². The van der Waals surface area contributed by atoms with Crippen molar-refractivity contribution in [2.75, 3.05) is 58.4 Å². The molecular formula is C22H27N3O2S. The van der Waals surface area contributed by atoms with Crippen molar-refractivity contribution < 1.29 is 9.53 Å². The number of nitrogens with one attached hydrogen (secondary N) is 1. The normalized spacial score (nSPS) is 13.9. The molecule has 6 heteroatoms. The van der Waals surface area contributed by atoms with E-state index in [1.54, 1.807) is 0 Å². The van der Waals surface area contributed by atoms with E-state index in [0.29, 0.717) is 19.8 Å². The number of nitrogens with zero attached hydrogens (tertiary/aromatic N) is 2. The van der Waals surface area contributed by atoms with Crippen LogP contribution in [-0.4, -0.2) is 64.3 Å². The van der Waals surface area contributed by atoms with Gasteiger partial charge in [0, 0.05) is 31.7 Å². The van der Waals surface area contributed by atoms with Crippen molar-refractivity contribution in [1.82, 2.24) is 10.2 Å². The fraction of sp³-hybridized carbons (Fsp3) is 0.409. The Morgan fingerprint density at radius 1 is 1.21 bits per heavy atom. The van der Waals surface area contributed by atoms with Crippen LogP contribution in [0, 0.1) is 18.8 Å². The number of ether oxygens (including phenoxy) is 1.